The highest BCUT2D eigenvalue weighted by molar-refractivity contribution is 5.88. The number of fused-ring (bicyclic) bond motifs is 1. The summed E-state index contributed by atoms with van der Waals surface area (Å²) >= 11 is 0. The van der Waals surface area contributed by atoms with Crippen LogP contribution in [-0.2, 0) is 16.0 Å². The average Bonchev–Trinajstić information content (AvgIpc) is 3.77. The van der Waals surface area contributed by atoms with Crippen LogP contribution >= 0.6 is 0 Å². The fourth-order valence-electron chi connectivity index (χ4n) is 5.42. The number of aromatic nitrogens is 1. The summed E-state index contributed by atoms with van der Waals surface area (Å²) in [5.41, 5.74) is 5.58. The van der Waals surface area contributed by atoms with E-state index in [0.717, 1.165) is 60.0 Å². The Morgan fingerprint density at radius 3 is 2.64 bits per heavy atom. The summed E-state index contributed by atoms with van der Waals surface area (Å²) in [7, 11) is 3.02. The normalized spacial score (nSPS) is 18.4. The number of carbonyl (C=O) groups excluding carboxylic acids is 2. The Hall–Kier alpha value is -3.67. The summed E-state index contributed by atoms with van der Waals surface area (Å²) in [6, 6.07) is 16.0. The predicted molar refractivity (Wildman–Crippen MR) is 136 cm³/mol. The number of nitrogens with zero attached hydrogens (tertiary/aromatic N) is 1. The van der Waals surface area contributed by atoms with Crippen LogP contribution in [-0.4, -0.2) is 31.5 Å². The van der Waals surface area contributed by atoms with Crippen molar-refractivity contribution in [3.8, 4) is 22.8 Å². The van der Waals surface area contributed by atoms with Gasteiger partial charge in [-0.1, -0.05) is 31.2 Å². The maximum absolute atomic E-state index is 12.3. The minimum atomic E-state index is -0.200. The second-order valence-corrected chi connectivity index (χ2v) is 9.74. The largest absolute Gasteiger partial charge is 0.485 e. The zero-order valence-corrected chi connectivity index (χ0v) is 20.9. The molecule has 3 aromatic rings. The Morgan fingerprint density at radius 2 is 1.92 bits per heavy atom. The van der Waals surface area contributed by atoms with Crippen molar-refractivity contribution >= 4 is 12.3 Å². The van der Waals surface area contributed by atoms with Gasteiger partial charge < -0.3 is 14.2 Å². The highest BCUT2D eigenvalue weighted by atomic mass is 16.5. The molecule has 1 aromatic heterocycles. The third-order valence-electron chi connectivity index (χ3n) is 7.49. The molecular weight excluding hydrogens is 454 g/mol. The van der Waals surface area contributed by atoms with Crippen LogP contribution in [0.15, 0.2) is 54.7 Å². The maximum atomic E-state index is 12.3. The van der Waals surface area contributed by atoms with Gasteiger partial charge in [0.15, 0.2) is 6.29 Å². The van der Waals surface area contributed by atoms with Gasteiger partial charge in [0.1, 0.15) is 11.9 Å². The molecule has 36 heavy (non-hydrogen) atoms. The van der Waals surface area contributed by atoms with Gasteiger partial charge >= 0.3 is 5.97 Å². The number of carbonyl (C=O) groups is 2. The Morgan fingerprint density at radius 1 is 1.08 bits per heavy atom. The van der Waals surface area contributed by atoms with Crippen LogP contribution in [0.1, 0.15) is 65.3 Å². The third kappa shape index (κ3) is 4.72. The molecule has 1 saturated carbocycles. The van der Waals surface area contributed by atoms with Crippen LogP contribution in [0, 0.1) is 11.8 Å². The van der Waals surface area contributed by atoms with Crippen molar-refractivity contribution in [3.63, 3.8) is 0 Å². The molecule has 0 amide bonds. The molecule has 0 saturated heterocycles. The molecule has 0 N–H and O–H groups in total. The summed E-state index contributed by atoms with van der Waals surface area (Å²) in [5, 5.41) is 0. The van der Waals surface area contributed by atoms with Crippen molar-refractivity contribution in [2.75, 3.05) is 14.2 Å². The van der Waals surface area contributed by atoms with E-state index in [1.807, 2.05) is 37.3 Å². The molecule has 186 valence electrons. The molecule has 0 radical (unpaired) electrons. The number of rotatable bonds is 8. The lowest BCUT2D eigenvalue weighted by molar-refractivity contribution is -0.145. The Kier molecular flexibility index (Phi) is 6.77. The molecule has 1 aliphatic carbocycles. The van der Waals surface area contributed by atoms with E-state index in [1.54, 1.807) is 13.3 Å². The third-order valence-corrected chi connectivity index (χ3v) is 7.49. The van der Waals surface area contributed by atoms with Gasteiger partial charge in [0.05, 0.1) is 20.1 Å². The van der Waals surface area contributed by atoms with Gasteiger partial charge in [-0.2, -0.15) is 0 Å². The summed E-state index contributed by atoms with van der Waals surface area (Å²) in [6.45, 7) is 1.96. The average molecular weight is 486 g/mol. The van der Waals surface area contributed by atoms with Crippen LogP contribution in [0.3, 0.4) is 0 Å². The number of ether oxygens (including phenoxy) is 3. The first-order chi connectivity index (χ1) is 17.5. The molecule has 6 heteroatoms. The highest BCUT2D eigenvalue weighted by Gasteiger charge is 2.39. The van der Waals surface area contributed by atoms with E-state index < -0.39 is 0 Å². The highest BCUT2D eigenvalue weighted by Crippen LogP contribution is 2.48. The predicted octanol–water partition coefficient (Wildman–Crippen LogP) is 5.94. The van der Waals surface area contributed by atoms with Crippen LogP contribution in [0.2, 0.25) is 0 Å². The molecule has 2 heterocycles. The first-order valence-corrected chi connectivity index (χ1v) is 12.5. The zero-order chi connectivity index (χ0) is 25.2. The lowest BCUT2D eigenvalue weighted by Crippen LogP contribution is -2.23. The van der Waals surface area contributed by atoms with Gasteiger partial charge in [0, 0.05) is 17.8 Å². The van der Waals surface area contributed by atoms with Crippen LogP contribution in [0.25, 0.3) is 11.1 Å². The number of esters is 1. The van der Waals surface area contributed by atoms with E-state index in [2.05, 4.69) is 23.2 Å². The number of benzene rings is 2. The van der Waals surface area contributed by atoms with Gasteiger partial charge in [-0.15, -0.1) is 0 Å². The molecule has 0 spiro atoms. The van der Waals surface area contributed by atoms with Crippen molar-refractivity contribution in [3.05, 3.63) is 77.0 Å². The number of methoxy groups -OCH3 is 2. The fraction of sp³-hybridized carbons (Fsp3) is 0.367. The molecular formula is C30H31NO5. The van der Waals surface area contributed by atoms with Crippen LogP contribution < -0.4 is 9.47 Å². The molecule has 1 fully saturated rings. The van der Waals surface area contributed by atoms with Crippen molar-refractivity contribution < 1.29 is 23.8 Å². The SMILES string of the molecule is COC(=O)[C@@H](C)[C@H](c1ccc2c(c1)OC(c1ccc(-c3ccnc(OC)c3)c(C=O)c1)CC2)C1CC1. The van der Waals surface area contributed by atoms with Gasteiger partial charge in [-0.3, -0.25) is 9.59 Å². The maximum Gasteiger partial charge on any atom is 0.309 e. The van der Waals surface area contributed by atoms with E-state index in [4.69, 9.17) is 14.2 Å². The number of hydrogen-bond donors (Lipinski definition) is 0. The first-order valence-electron chi connectivity index (χ1n) is 12.5. The number of aryl methyl sites for hydroxylation is 1. The quantitative estimate of drug-likeness (QED) is 0.290. The van der Waals surface area contributed by atoms with Crippen LogP contribution in [0.5, 0.6) is 11.6 Å². The van der Waals surface area contributed by atoms with E-state index in [1.165, 1.54) is 12.7 Å². The van der Waals surface area contributed by atoms with E-state index in [9.17, 15) is 9.59 Å². The number of pyridine rings is 1. The molecule has 0 bridgehead atoms. The molecule has 5 rings (SSSR count). The standard InChI is InChI=1S/C30H31NO5/c1-18(30(33)35-3)29(20-5-6-20)23-7-4-19-9-11-26(36-27(19)15-23)22-8-10-25(24(14-22)17-32)21-12-13-31-28(16-21)34-2/h4,7-8,10,12-18,20,26,29H,5-6,9,11H2,1-3H3/t18-,26?,29-/m0/s1. The smallest absolute Gasteiger partial charge is 0.309 e. The summed E-state index contributed by atoms with van der Waals surface area (Å²) < 4.78 is 16.8. The van der Waals surface area contributed by atoms with E-state index in [-0.39, 0.29) is 23.9 Å². The van der Waals surface area contributed by atoms with Crippen LogP contribution in [0.4, 0.5) is 0 Å². The monoisotopic (exact) mass is 485 g/mol. The van der Waals surface area contributed by atoms with Gasteiger partial charge in [-0.05, 0) is 83.5 Å². The van der Waals surface area contributed by atoms with Crippen molar-refractivity contribution in [2.45, 2.75) is 44.6 Å². The van der Waals surface area contributed by atoms with E-state index >= 15 is 0 Å². The van der Waals surface area contributed by atoms with Gasteiger partial charge in [-0.25, -0.2) is 4.98 Å². The summed E-state index contributed by atoms with van der Waals surface area (Å²) in [6.07, 6.45) is 6.40. The summed E-state index contributed by atoms with van der Waals surface area (Å²) in [4.78, 5) is 28.5. The van der Waals surface area contributed by atoms with Gasteiger partial charge in [0.25, 0.3) is 0 Å². The van der Waals surface area contributed by atoms with Gasteiger partial charge in [0.2, 0.25) is 5.88 Å². The van der Waals surface area contributed by atoms with Crippen molar-refractivity contribution in [1.82, 2.24) is 4.98 Å². The molecule has 2 aromatic carbocycles. The Labute approximate surface area is 211 Å². The number of hydrogen-bond acceptors (Lipinski definition) is 6. The summed E-state index contributed by atoms with van der Waals surface area (Å²) in [5.74, 6) is 1.63. The minimum Gasteiger partial charge on any atom is -0.485 e. The molecule has 3 atom stereocenters. The molecule has 1 aliphatic heterocycles. The molecule has 6 nitrogen and oxygen atoms in total. The lowest BCUT2D eigenvalue weighted by Gasteiger charge is -2.29. The molecule has 2 aliphatic rings. The van der Waals surface area contributed by atoms with Crippen molar-refractivity contribution in [1.29, 1.82) is 0 Å². The number of aldehydes is 1. The zero-order valence-electron chi connectivity index (χ0n) is 20.9. The second-order valence-electron chi connectivity index (χ2n) is 9.74. The lowest BCUT2D eigenvalue weighted by atomic mass is 9.82. The van der Waals surface area contributed by atoms with Crippen molar-refractivity contribution in [2.24, 2.45) is 11.8 Å². The molecule has 1 unspecified atom stereocenters. The fourth-order valence-corrected chi connectivity index (χ4v) is 5.42. The first kappa shape index (κ1) is 24.0. The Balaban J connectivity index is 1.41. The van der Waals surface area contributed by atoms with E-state index in [0.29, 0.717) is 17.4 Å². The minimum absolute atomic E-state index is 0.130. The topological polar surface area (TPSA) is 74.7 Å². The second kappa shape index (κ2) is 10.1. The Bertz CT molecular complexity index is 1280.